The van der Waals surface area contributed by atoms with Crippen molar-refractivity contribution in [3.8, 4) is 0 Å². The van der Waals surface area contributed by atoms with Crippen LogP contribution in [0.2, 0.25) is 0 Å². The SMILES string of the molecule is Cc1cccc(CN2CCC3(CC2)C[C@H](c2ccccc2)C(=O)N3C)c1. The Hall–Kier alpha value is -2.13. The number of hydrogen-bond donors (Lipinski definition) is 0. The zero-order valence-electron chi connectivity index (χ0n) is 15.8. The maximum atomic E-state index is 12.9. The summed E-state index contributed by atoms with van der Waals surface area (Å²) in [6.07, 6.45) is 3.11. The number of hydrogen-bond acceptors (Lipinski definition) is 2. The zero-order valence-corrected chi connectivity index (χ0v) is 15.8. The molecule has 1 atom stereocenters. The molecular formula is C23H28N2O. The first-order valence-electron chi connectivity index (χ1n) is 9.68. The van der Waals surface area contributed by atoms with E-state index in [4.69, 9.17) is 0 Å². The van der Waals surface area contributed by atoms with E-state index >= 15 is 0 Å². The minimum absolute atomic E-state index is 0.0320. The Kier molecular flexibility index (Phi) is 4.58. The Labute approximate surface area is 156 Å². The summed E-state index contributed by atoms with van der Waals surface area (Å²) in [6, 6.07) is 19.1. The summed E-state index contributed by atoms with van der Waals surface area (Å²) < 4.78 is 0. The van der Waals surface area contributed by atoms with Crippen molar-refractivity contribution in [2.24, 2.45) is 0 Å². The summed E-state index contributed by atoms with van der Waals surface area (Å²) in [4.78, 5) is 17.5. The van der Waals surface area contributed by atoms with Gasteiger partial charge in [0.1, 0.15) is 0 Å². The van der Waals surface area contributed by atoms with Crippen LogP contribution in [0.25, 0.3) is 0 Å². The fraction of sp³-hybridized carbons (Fsp3) is 0.435. The van der Waals surface area contributed by atoms with Gasteiger partial charge < -0.3 is 4.90 Å². The van der Waals surface area contributed by atoms with E-state index in [1.807, 2.05) is 25.2 Å². The number of likely N-dealkylation sites (N-methyl/N-ethyl adjacent to an activating group) is 1. The van der Waals surface area contributed by atoms with Gasteiger partial charge in [0.2, 0.25) is 5.91 Å². The molecule has 1 amide bonds. The molecule has 0 aromatic heterocycles. The van der Waals surface area contributed by atoms with Gasteiger partial charge in [0.25, 0.3) is 0 Å². The maximum absolute atomic E-state index is 12.9. The third kappa shape index (κ3) is 3.16. The average molecular weight is 348 g/mol. The number of benzene rings is 2. The predicted octanol–water partition coefficient (Wildman–Crippen LogP) is 3.98. The van der Waals surface area contributed by atoms with Crippen molar-refractivity contribution in [3.05, 3.63) is 71.3 Å². The van der Waals surface area contributed by atoms with Gasteiger partial charge in [0.05, 0.1) is 5.92 Å². The summed E-state index contributed by atoms with van der Waals surface area (Å²) in [7, 11) is 2.02. The van der Waals surface area contributed by atoms with Crippen molar-refractivity contribution in [1.82, 2.24) is 9.80 Å². The van der Waals surface area contributed by atoms with Gasteiger partial charge in [-0.1, -0.05) is 60.2 Å². The topological polar surface area (TPSA) is 23.6 Å². The molecule has 2 aromatic carbocycles. The van der Waals surface area contributed by atoms with Crippen LogP contribution in [0, 0.1) is 6.92 Å². The smallest absolute Gasteiger partial charge is 0.230 e. The maximum Gasteiger partial charge on any atom is 0.230 e. The van der Waals surface area contributed by atoms with E-state index in [1.165, 1.54) is 16.7 Å². The summed E-state index contributed by atoms with van der Waals surface area (Å²) in [5.74, 6) is 0.327. The fourth-order valence-corrected chi connectivity index (χ4v) is 4.75. The van der Waals surface area contributed by atoms with Crippen LogP contribution in [0.15, 0.2) is 54.6 Å². The molecule has 0 N–H and O–H groups in total. The minimum Gasteiger partial charge on any atom is -0.339 e. The summed E-state index contributed by atoms with van der Waals surface area (Å²) >= 11 is 0. The number of carbonyl (C=O) groups excluding carboxylic acids is 1. The van der Waals surface area contributed by atoms with Crippen LogP contribution >= 0.6 is 0 Å². The first kappa shape index (κ1) is 17.3. The van der Waals surface area contributed by atoms with Crippen molar-refractivity contribution in [1.29, 1.82) is 0 Å². The molecule has 3 nitrogen and oxygen atoms in total. The minimum atomic E-state index is 0.0320. The lowest BCUT2D eigenvalue weighted by molar-refractivity contribution is -0.131. The monoisotopic (exact) mass is 348 g/mol. The molecule has 2 fully saturated rings. The van der Waals surface area contributed by atoms with E-state index in [0.29, 0.717) is 5.91 Å². The van der Waals surface area contributed by atoms with Gasteiger partial charge in [0, 0.05) is 32.2 Å². The third-order valence-corrected chi connectivity index (χ3v) is 6.40. The molecule has 2 heterocycles. The van der Waals surface area contributed by atoms with E-state index in [9.17, 15) is 4.79 Å². The lowest BCUT2D eigenvalue weighted by Gasteiger charge is -2.43. The van der Waals surface area contributed by atoms with Gasteiger partial charge in [-0.15, -0.1) is 0 Å². The van der Waals surface area contributed by atoms with E-state index in [1.54, 1.807) is 0 Å². The highest BCUT2D eigenvalue weighted by Gasteiger charge is 2.50. The molecule has 3 heteroatoms. The second kappa shape index (κ2) is 6.88. The Morgan fingerprint density at radius 3 is 2.46 bits per heavy atom. The molecule has 2 aliphatic rings. The van der Waals surface area contributed by atoms with Gasteiger partial charge in [-0.2, -0.15) is 0 Å². The van der Waals surface area contributed by atoms with Gasteiger partial charge >= 0.3 is 0 Å². The highest BCUT2D eigenvalue weighted by Crippen LogP contribution is 2.44. The Morgan fingerprint density at radius 1 is 1.04 bits per heavy atom. The van der Waals surface area contributed by atoms with Crippen molar-refractivity contribution < 1.29 is 4.79 Å². The number of aryl methyl sites for hydroxylation is 1. The van der Waals surface area contributed by atoms with Crippen LogP contribution in [0.1, 0.15) is 41.9 Å². The van der Waals surface area contributed by atoms with Gasteiger partial charge in [-0.25, -0.2) is 0 Å². The Morgan fingerprint density at radius 2 is 1.77 bits per heavy atom. The average Bonchev–Trinajstić information content (AvgIpc) is 2.90. The molecule has 2 aliphatic heterocycles. The fourth-order valence-electron chi connectivity index (χ4n) is 4.75. The molecule has 0 unspecified atom stereocenters. The molecular weight excluding hydrogens is 320 g/mol. The van der Waals surface area contributed by atoms with Crippen LogP contribution in [0.5, 0.6) is 0 Å². The molecule has 0 aliphatic carbocycles. The molecule has 2 saturated heterocycles. The lowest BCUT2D eigenvalue weighted by Crippen LogP contribution is -2.51. The number of likely N-dealkylation sites (tertiary alicyclic amines) is 2. The quantitative estimate of drug-likeness (QED) is 0.838. The van der Waals surface area contributed by atoms with Crippen LogP contribution in [0.4, 0.5) is 0 Å². The molecule has 4 rings (SSSR count). The molecule has 0 saturated carbocycles. The number of rotatable bonds is 3. The van der Waals surface area contributed by atoms with E-state index in [0.717, 1.165) is 38.9 Å². The molecule has 0 radical (unpaired) electrons. The van der Waals surface area contributed by atoms with Crippen molar-refractivity contribution >= 4 is 5.91 Å². The van der Waals surface area contributed by atoms with Crippen molar-refractivity contribution in [2.45, 2.75) is 44.2 Å². The van der Waals surface area contributed by atoms with Crippen LogP contribution in [-0.2, 0) is 11.3 Å². The second-order valence-corrected chi connectivity index (χ2v) is 8.05. The van der Waals surface area contributed by atoms with Gasteiger partial charge in [-0.05, 0) is 37.3 Å². The normalized spacial score (nSPS) is 22.9. The summed E-state index contributed by atoms with van der Waals surface area (Å²) in [5, 5.41) is 0. The highest BCUT2D eigenvalue weighted by atomic mass is 16.2. The first-order chi connectivity index (χ1) is 12.6. The molecule has 1 spiro atoms. The summed E-state index contributed by atoms with van der Waals surface area (Å²) in [6.45, 7) is 5.29. The van der Waals surface area contributed by atoms with E-state index < -0.39 is 0 Å². The number of piperidine rings is 1. The first-order valence-corrected chi connectivity index (χ1v) is 9.68. The number of carbonyl (C=O) groups is 1. The van der Waals surface area contributed by atoms with Gasteiger partial charge in [-0.3, -0.25) is 9.69 Å². The zero-order chi connectivity index (χ0) is 18.1. The van der Waals surface area contributed by atoms with Gasteiger partial charge in [0.15, 0.2) is 0 Å². The lowest BCUT2D eigenvalue weighted by atomic mass is 9.81. The second-order valence-electron chi connectivity index (χ2n) is 8.05. The van der Waals surface area contributed by atoms with Crippen molar-refractivity contribution in [3.63, 3.8) is 0 Å². The van der Waals surface area contributed by atoms with E-state index in [2.05, 4.69) is 53.1 Å². The standard InChI is InChI=1S/C23H28N2O/c1-18-7-6-8-19(15-18)17-25-13-11-23(12-14-25)16-21(22(26)24(23)2)20-9-4-3-5-10-20/h3-10,15,21H,11-14,16-17H2,1-2H3/t21-/m1/s1. The largest absolute Gasteiger partial charge is 0.339 e. The number of nitrogens with zero attached hydrogens (tertiary/aromatic N) is 2. The molecule has 26 heavy (non-hydrogen) atoms. The molecule has 136 valence electrons. The van der Waals surface area contributed by atoms with Crippen LogP contribution < -0.4 is 0 Å². The predicted molar refractivity (Wildman–Crippen MR) is 105 cm³/mol. The molecule has 0 bridgehead atoms. The highest BCUT2D eigenvalue weighted by molar-refractivity contribution is 5.87. The van der Waals surface area contributed by atoms with Crippen molar-refractivity contribution in [2.75, 3.05) is 20.1 Å². The molecule has 2 aromatic rings. The van der Waals surface area contributed by atoms with E-state index in [-0.39, 0.29) is 11.5 Å². The van der Waals surface area contributed by atoms with Crippen LogP contribution in [0.3, 0.4) is 0 Å². The Bertz CT molecular complexity index is 778. The third-order valence-electron chi connectivity index (χ3n) is 6.40. The van der Waals surface area contributed by atoms with Crippen LogP contribution in [-0.4, -0.2) is 41.4 Å². The Balaban J connectivity index is 1.44. The summed E-state index contributed by atoms with van der Waals surface area (Å²) in [5.41, 5.74) is 3.92. The number of amides is 1.